The van der Waals surface area contributed by atoms with E-state index in [0.29, 0.717) is 0 Å². The van der Waals surface area contributed by atoms with Gasteiger partial charge in [-0.3, -0.25) is 0 Å². The maximum atomic E-state index is 11.4. The molecule has 3 aromatic rings. The maximum absolute atomic E-state index is 11.4. The molecule has 0 aromatic heterocycles. The van der Waals surface area contributed by atoms with Crippen molar-refractivity contribution in [1.29, 1.82) is 0 Å². The van der Waals surface area contributed by atoms with E-state index in [1.54, 1.807) is 0 Å². The summed E-state index contributed by atoms with van der Waals surface area (Å²) in [5, 5.41) is 11.4. The van der Waals surface area contributed by atoms with Gasteiger partial charge in [0.1, 0.15) is 0 Å². The number of aliphatic hydroxyl groups is 1. The second-order valence-corrected chi connectivity index (χ2v) is 7.18. The van der Waals surface area contributed by atoms with Gasteiger partial charge < -0.3 is 5.11 Å². The highest BCUT2D eigenvalue weighted by molar-refractivity contribution is 5.18. The second-order valence-electron chi connectivity index (χ2n) is 7.18. The zero-order valence-electron chi connectivity index (χ0n) is 15.4. The van der Waals surface area contributed by atoms with Crippen molar-refractivity contribution < 1.29 is 5.11 Å². The van der Waals surface area contributed by atoms with Gasteiger partial charge in [0.05, 0.1) is 5.60 Å². The third-order valence-corrected chi connectivity index (χ3v) is 5.17. The van der Waals surface area contributed by atoms with E-state index < -0.39 is 5.60 Å². The summed E-state index contributed by atoms with van der Waals surface area (Å²) in [7, 11) is 0. The minimum Gasteiger partial charge on any atom is -0.390 e. The van der Waals surface area contributed by atoms with Crippen molar-refractivity contribution in [3.05, 3.63) is 108 Å². The average molecular weight is 344 g/mol. The molecular weight excluding hydrogens is 316 g/mol. The first-order valence-electron chi connectivity index (χ1n) is 9.58. The van der Waals surface area contributed by atoms with Gasteiger partial charge in [-0.25, -0.2) is 0 Å². The fourth-order valence-corrected chi connectivity index (χ4v) is 3.44. The summed E-state index contributed by atoms with van der Waals surface area (Å²) >= 11 is 0. The molecule has 0 aliphatic heterocycles. The first-order chi connectivity index (χ1) is 12.7. The topological polar surface area (TPSA) is 20.2 Å². The largest absolute Gasteiger partial charge is 0.390 e. The zero-order chi connectivity index (χ0) is 18.1. The van der Waals surface area contributed by atoms with Gasteiger partial charge in [-0.15, -0.1) is 0 Å². The average Bonchev–Trinajstić information content (AvgIpc) is 2.72. The lowest BCUT2D eigenvalue weighted by molar-refractivity contribution is 0.0151. The molecule has 0 saturated heterocycles. The van der Waals surface area contributed by atoms with E-state index >= 15 is 0 Å². The lowest BCUT2D eigenvalue weighted by atomic mass is 9.84. The molecular formula is C25H28O. The molecule has 0 radical (unpaired) electrons. The van der Waals surface area contributed by atoms with Crippen molar-refractivity contribution in [1.82, 2.24) is 0 Å². The van der Waals surface area contributed by atoms with Crippen LogP contribution >= 0.6 is 0 Å². The molecule has 0 spiro atoms. The molecule has 3 rings (SSSR count). The molecule has 0 bridgehead atoms. The number of rotatable bonds is 9. The lowest BCUT2D eigenvalue weighted by Crippen LogP contribution is -2.31. The van der Waals surface area contributed by atoms with Crippen LogP contribution in [0.2, 0.25) is 0 Å². The molecule has 134 valence electrons. The fraction of sp³-hybridized carbons (Fsp3) is 0.280. The Balaban J connectivity index is 1.64. The number of hydrogen-bond donors (Lipinski definition) is 1. The maximum Gasteiger partial charge on any atom is 0.0657 e. The van der Waals surface area contributed by atoms with Crippen molar-refractivity contribution in [2.24, 2.45) is 0 Å². The number of hydrogen-bond acceptors (Lipinski definition) is 1. The quantitative estimate of drug-likeness (QED) is 0.534. The monoisotopic (exact) mass is 344 g/mol. The standard InChI is InChI=1S/C25H28O/c26-25(19-16-22-10-4-1-5-11-22,20-17-23-12-6-2-7-13-23)21-18-24-14-8-3-9-15-24/h1-15,26H,16-21H2. The first-order valence-corrected chi connectivity index (χ1v) is 9.58. The molecule has 0 heterocycles. The summed E-state index contributed by atoms with van der Waals surface area (Å²) in [5.74, 6) is 0. The van der Waals surface area contributed by atoms with Crippen LogP contribution in [0.15, 0.2) is 91.0 Å². The highest BCUT2D eigenvalue weighted by Gasteiger charge is 2.26. The molecule has 0 atom stereocenters. The second kappa shape index (κ2) is 9.35. The summed E-state index contributed by atoms with van der Waals surface area (Å²) in [4.78, 5) is 0. The van der Waals surface area contributed by atoms with Crippen LogP contribution in [0.3, 0.4) is 0 Å². The van der Waals surface area contributed by atoms with E-state index in [2.05, 4.69) is 72.8 Å². The van der Waals surface area contributed by atoms with Gasteiger partial charge in [0, 0.05) is 0 Å². The third kappa shape index (κ3) is 5.86. The highest BCUT2D eigenvalue weighted by atomic mass is 16.3. The Hall–Kier alpha value is -2.38. The zero-order valence-corrected chi connectivity index (χ0v) is 15.4. The van der Waals surface area contributed by atoms with E-state index in [0.717, 1.165) is 38.5 Å². The molecule has 1 heteroatoms. The van der Waals surface area contributed by atoms with Crippen LogP contribution in [-0.4, -0.2) is 10.7 Å². The Morgan fingerprint density at radius 3 is 1.00 bits per heavy atom. The smallest absolute Gasteiger partial charge is 0.0657 e. The van der Waals surface area contributed by atoms with Crippen LogP contribution in [0.1, 0.15) is 36.0 Å². The number of benzene rings is 3. The summed E-state index contributed by atoms with van der Waals surface area (Å²) in [6.07, 6.45) is 5.16. The summed E-state index contributed by atoms with van der Waals surface area (Å²) in [5.41, 5.74) is 3.25. The predicted octanol–water partition coefficient (Wildman–Crippen LogP) is 5.62. The van der Waals surface area contributed by atoms with Crippen LogP contribution in [0.5, 0.6) is 0 Å². The van der Waals surface area contributed by atoms with Crippen LogP contribution in [-0.2, 0) is 19.3 Å². The van der Waals surface area contributed by atoms with E-state index in [4.69, 9.17) is 0 Å². The van der Waals surface area contributed by atoms with Gasteiger partial charge in [-0.1, -0.05) is 91.0 Å². The Morgan fingerprint density at radius 1 is 0.462 bits per heavy atom. The molecule has 1 nitrogen and oxygen atoms in total. The Labute approximate surface area is 157 Å². The molecule has 0 saturated carbocycles. The third-order valence-electron chi connectivity index (χ3n) is 5.17. The van der Waals surface area contributed by atoms with Gasteiger partial charge in [0.25, 0.3) is 0 Å². The fourth-order valence-electron chi connectivity index (χ4n) is 3.44. The molecule has 1 N–H and O–H groups in total. The molecule has 26 heavy (non-hydrogen) atoms. The Bertz CT molecular complexity index is 644. The van der Waals surface area contributed by atoms with E-state index in [1.165, 1.54) is 16.7 Å². The minimum atomic E-state index is -0.637. The summed E-state index contributed by atoms with van der Waals surface area (Å²) in [6.45, 7) is 0. The van der Waals surface area contributed by atoms with Crippen molar-refractivity contribution >= 4 is 0 Å². The molecule has 0 fully saturated rings. The Morgan fingerprint density at radius 2 is 0.731 bits per heavy atom. The van der Waals surface area contributed by atoms with Crippen molar-refractivity contribution in [2.75, 3.05) is 0 Å². The summed E-state index contributed by atoms with van der Waals surface area (Å²) in [6, 6.07) is 31.4. The first kappa shape index (κ1) is 18.4. The highest BCUT2D eigenvalue weighted by Crippen LogP contribution is 2.26. The van der Waals surface area contributed by atoms with Gasteiger partial charge in [-0.05, 0) is 55.2 Å². The summed E-state index contributed by atoms with van der Waals surface area (Å²) < 4.78 is 0. The van der Waals surface area contributed by atoms with Crippen LogP contribution in [0.25, 0.3) is 0 Å². The number of aryl methyl sites for hydroxylation is 3. The van der Waals surface area contributed by atoms with E-state index in [-0.39, 0.29) is 0 Å². The van der Waals surface area contributed by atoms with Gasteiger partial charge in [0.2, 0.25) is 0 Å². The molecule has 0 aliphatic carbocycles. The van der Waals surface area contributed by atoms with Crippen molar-refractivity contribution in [3.63, 3.8) is 0 Å². The molecule has 3 aromatic carbocycles. The van der Waals surface area contributed by atoms with E-state index in [1.807, 2.05) is 18.2 Å². The molecule has 0 unspecified atom stereocenters. The van der Waals surface area contributed by atoms with E-state index in [9.17, 15) is 5.11 Å². The lowest BCUT2D eigenvalue weighted by Gasteiger charge is -2.29. The van der Waals surface area contributed by atoms with Crippen LogP contribution in [0, 0.1) is 0 Å². The van der Waals surface area contributed by atoms with Gasteiger partial charge >= 0.3 is 0 Å². The van der Waals surface area contributed by atoms with Gasteiger partial charge in [0.15, 0.2) is 0 Å². The Kier molecular flexibility index (Phi) is 6.62. The normalized spacial score (nSPS) is 11.4. The molecule has 0 aliphatic rings. The van der Waals surface area contributed by atoms with Crippen molar-refractivity contribution in [3.8, 4) is 0 Å². The predicted molar refractivity (Wildman–Crippen MR) is 109 cm³/mol. The SMILES string of the molecule is OC(CCc1ccccc1)(CCc1ccccc1)CCc1ccccc1. The molecule has 0 amide bonds. The van der Waals surface area contributed by atoms with Gasteiger partial charge in [-0.2, -0.15) is 0 Å². The van der Waals surface area contributed by atoms with Crippen molar-refractivity contribution in [2.45, 2.75) is 44.1 Å². The minimum absolute atomic E-state index is 0.637. The van der Waals surface area contributed by atoms with Crippen LogP contribution < -0.4 is 0 Å². The van der Waals surface area contributed by atoms with Crippen LogP contribution in [0.4, 0.5) is 0 Å².